The van der Waals surface area contributed by atoms with Crippen LogP contribution in [0.2, 0.25) is 0 Å². The van der Waals surface area contributed by atoms with E-state index in [9.17, 15) is 27.2 Å². The van der Waals surface area contributed by atoms with E-state index in [1.807, 2.05) is 6.07 Å². The number of amides is 2. The summed E-state index contributed by atoms with van der Waals surface area (Å²) in [6.45, 7) is 1.51. The van der Waals surface area contributed by atoms with E-state index in [2.05, 4.69) is 20.9 Å². The highest BCUT2D eigenvalue weighted by Gasteiger charge is 2.42. The van der Waals surface area contributed by atoms with E-state index in [0.29, 0.717) is 4.68 Å². The van der Waals surface area contributed by atoms with Crippen molar-refractivity contribution in [3.05, 3.63) is 77.4 Å². The largest absolute Gasteiger partial charge is 0.435 e. The molecule has 0 aliphatic rings. The fraction of sp³-hybridized carbons (Fsp3) is 0.200. The standard InChI is InChI=1S/C20H17F4N5O2/c1-12(18(30)25-11-13-6-3-2-4-7-13)26-19(31)16-17(20(22,23)24)29(28-27-16)15-9-5-8-14(21)10-15/h2-10,12H,11H2,1H3,(H,25,30)(H,26,31). The van der Waals surface area contributed by atoms with Gasteiger partial charge in [0.05, 0.1) is 5.69 Å². The summed E-state index contributed by atoms with van der Waals surface area (Å²) in [6, 6.07) is 12.1. The second-order valence-electron chi connectivity index (χ2n) is 6.57. The molecule has 1 heterocycles. The smallest absolute Gasteiger partial charge is 0.350 e. The number of aromatic nitrogens is 3. The van der Waals surface area contributed by atoms with Crippen molar-refractivity contribution >= 4 is 11.8 Å². The average Bonchev–Trinajstić information content (AvgIpc) is 3.19. The molecule has 0 aliphatic heterocycles. The van der Waals surface area contributed by atoms with Crippen LogP contribution in [0.5, 0.6) is 0 Å². The van der Waals surface area contributed by atoms with Crippen LogP contribution in [0.4, 0.5) is 17.6 Å². The van der Waals surface area contributed by atoms with Crippen molar-refractivity contribution in [2.24, 2.45) is 0 Å². The third-order valence-electron chi connectivity index (χ3n) is 4.26. The van der Waals surface area contributed by atoms with Gasteiger partial charge in [0.25, 0.3) is 5.91 Å². The second kappa shape index (κ2) is 8.94. The number of hydrogen-bond acceptors (Lipinski definition) is 4. The molecule has 2 aromatic carbocycles. The number of rotatable bonds is 6. The summed E-state index contributed by atoms with van der Waals surface area (Å²) >= 11 is 0. The molecule has 162 valence electrons. The molecule has 1 unspecified atom stereocenters. The van der Waals surface area contributed by atoms with Gasteiger partial charge in [-0.05, 0) is 30.7 Å². The van der Waals surface area contributed by atoms with Crippen LogP contribution in [-0.2, 0) is 17.5 Å². The van der Waals surface area contributed by atoms with E-state index in [4.69, 9.17) is 0 Å². The maximum Gasteiger partial charge on any atom is 0.435 e. The van der Waals surface area contributed by atoms with E-state index in [1.165, 1.54) is 19.1 Å². The minimum Gasteiger partial charge on any atom is -0.350 e. The topological polar surface area (TPSA) is 88.9 Å². The highest BCUT2D eigenvalue weighted by Crippen LogP contribution is 2.32. The van der Waals surface area contributed by atoms with Crippen molar-refractivity contribution < 1.29 is 27.2 Å². The number of nitrogens with zero attached hydrogens (tertiary/aromatic N) is 3. The van der Waals surface area contributed by atoms with Crippen LogP contribution in [0.3, 0.4) is 0 Å². The van der Waals surface area contributed by atoms with E-state index < -0.39 is 41.2 Å². The number of benzene rings is 2. The Hall–Kier alpha value is -3.76. The predicted octanol–water partition coefficient (Wildman–Crippen LogP) is 2.86. The predicted molar refractivity (Wildman–Crippen MR) is 102 cm³/mol. The van der Waals surface area contributed by atoms with Crippen molar-refractivity contribution in [3.63, 3.8) is 0 Å². The van der Waals surface area contributed by atoms with Crippen LogP contribution in [0.1, 0.15) is 28.7 Å². The average molecular weight is 435 g/mol. The molecule has 2 N–H and O–H groups in total. The highest BCUT2D eigenvalue weighted by atomic mass is 19.4. The molecule has 0 spiro atoms. The minimum absolute atomic E-state index is 0.184. The Balaban J connectivity index is 1.77. The fourth-order valence-corrected chi connectivity index (χ4v) is 2.75. The molecule has 11 heteroatoms. The molecule has 1 aromatic heterocycles. The van der Waals surface area contributed by atoms with Crippen LogP contribution in [0.15, 0.2) is 54.6 Å². The third kappa shape index (κ3) is 5.24. The Bertz CT molecular complexity index is 1080. The summed E-state index contributed by atoms with van der Waals surface area (Å²) in [5.74, 6) is -2.61. The Morgan fingerprint density at radius 2 is 1.81 bits per heavy atom. The van der Waals surface area contributed by atoms with E-state index in [-0.39, 0.29) is 12.2 Å². The Labute approximate surface area is 174 Å². The summed E-state index contributed by atoms with van der Waals surface area (Å²) in [7, 11) is 0. The molecular formula is C20H17F4N5O2. The Kier molecular flexibility index (Phi) is 6.33. The maximum atomic E-state index is 13.6. The van der Waals surface area contributed by atoms with Crippen LogP contribution in [0, 0.1) is 5.82 Å². The van der Waals surface area contributed by atoms with Gasteiger partial charge in [-0.2, -0.15) is 13.2 Å². The zero-order chi connectivity index (χ0) is 22.6. The van der Waals surface area contributed by atoms with Crippen molar-refractivity contribution in [2.45, 2.75) is 25.7 Å². The summed E-state index contributed by atoms with van der Waals surface area (Å²) < 4.78 is 54.7. The van der Waals surface area contributed by atoms with E-state index in [1.54, 1.807) is 24.3 Å². The van der Waals surface area contributed by atoms with Crippen molar-refractivity contribution in [2.75, 3.05) is 0 Å². The summed E-state index contributed by atoms with van der Waals surface area (Å²) in [4.78, 5) is 24.6. The van der Waals surface area contributed by atoms with Gasteiger partial charge in [-0.15, -0.1) is 5.10 Å². The first-order chi connectivity index (χ1) is 14.7. The Morgan fingerprint density at radius 1 is 1.10 bits per heavy atom. The molecular weight excluding hydrogens is 418 g/mol. The molecule has 7 nitrogen and oxygen atoms in total. The van der Waals surface area contributed by atoms with Crippen molar-refractivity contribution in [1.82, 2.24) is 25.6 Å². The molecule has 2 amide bonds. The summed E-state index contributed by atoms with van der Waals surface area (Å²) in [5, 5.41) is 11.4. The minimum atomic E-state index is -5.01. The lowest BCUT2D eigenvalue weighted by atomic mass is 10.2. The van der Waals surface area contributed by atoms with Crippen LogP contribution < -0.4 is 10.6 Å². The third-order valence-corrected chi connectivity index (χ3v) is 4.26. The lowest BCUT2D eigenvalue weighted by Gasteiger charge is -2.15. The second-order valence-corrected chi connectivity index (χ2v) is 6.57. The van der Waals surface area contributed by atoms with Gasteiger partial charge >= 0.3 is 6.18 Å². The molecule has 0 aliphatic carbocycles. The van der Waals surface area contributed by atoms with Gasteiger partial charge in [0.2, 0.25) is 5.91 Å². The number of carbonyl (C=O) groups excluding carboxylic acids is 2. The fourth-order valence-electron chi connectivity index (χ4n) is 2.75. The van der Waals surface area contributed by atoms with Crippen LogP contribution >= 0.6 is 0 Å². The van der Waals surface area contributed by atoms with E-state index in [0.717, 1.165) is 17.7 Å². The molecule has 0 fully saturated rings. The zero-order valence-corrected chi connectivity index (χ0v) is 16.2. The molecule has 1 atom stereocenters. The first kappa shape index (κ1) is 21.9. The Morgan fingerprint density at radius 3 is 2.45 bits per heavy atom. The van der Waals surface area contributed by atoms with Crippen LogP contribution in [-0.4, -0.2) is 32.9 Å². The van der Waals surface area contributed by atoms with Gasteiger partial charge in [0.15, 0.2) is 11.4 Å². The maximum absolute atomic E-state index is 13.6. The van der Waals surface area contributed by atoms with Gasteiger partial charge in [-0.3, -0.25) is 9.59 Å². The normalized spacial score (nSPS) is 12.3. The summed E-state index contributed by atoms with van der Waals surface area (Å²) in [6.07, 6.45) is -5.01. The molecule has 0 saturated heterocycles. The van der Waals surface area contributed by atoms with Gasteiger partial charge < -0.3 is 10.6 Å². The van der Waals surface area contributed by atoms with Gasteiger partial charge in [-0.25, -0.2) is 9.07 Å². The SMILES string of the molecule is CC(NC(=O)c1nnn(-c2cccc(F)c2)c1C(F)(F)F)C(=O)NCc1ccccc1. The molecule has 0 saturated carbocycles. The highest BCUT2D eigenvalue weighted by molar-refractivity contribution is 5.97. The monoisotopic (exact) mass is 435 g/mol. The number of carbonyl (C=O) groups is 2. The molecule has 0 radical (unpaired) electrons. The summed E-state index contributed by atoms with van der Waals surface area (Å²) in [5.41, 5.74) is -1.95. The first-order valence-corrected chi connectivity index (χ1v) is 9.08. The molecule has 31 heavy (non-hydrogen) atoms. The number of hydrogen-bond donors (Lipinski definition) is 2. The zero-order valence-electron chi connectivity index (χ0n) is 16.2. The molecule has 0 bridgehead atoms. The van der Waals surface area contributed by atoms with E-state index >= 15 is 0 Å². The first-order valence-electron chi connectivity index (χ1n) is 9.08. The lowest BCUT2D eigenvalue weighted by molar-refractivity contribution is -0.143. The van der Waals surface area contributed by atoms with Gasteiger partial charge in [-0.1, -0.05) is 41.6 Å². The lowest BCUT2D eigenvalue weighted by Crippen LogP contribution is -2.45. The number of nitrogens with one attached hydrogen (secondary N) is 2. The van der Waals surface area contributed by atoms with Crippen LogP contribution in [0.25, 0.3) is 5.69 Å². The van der Waals surface area contributed by atoms with Crippen molar-refractivity contribution in [3.8, 4) is 5.69 Å². The molecule has 3 aromatic rings. The van der Waals surface area contributed by atoms with Crippen molar-refractivity contribution in [1.29, 1.82) is 0 Å². The van der Waals surface area contributed by atoms with Gasteiger partial charge in [0.1, 0.15) is 11.9 Å². The molecule has 3 rings (SSSR count). The van der Waals surface area contributed by atoms with Gasteiger partial charge in [0, 0.05) is 6.54 Å². The number of alkyl halides is 3. The number of halogens is 4. The quantitative estimate of drug-likeness (QED) is 0.583.